The highest BCUT2D eigenvalue weighted by atomic mass is 79.9. The van der Waals surface area contributed by atoms with Gasteiger partial charge in [0.2, 0.25) is 0 Å². The third-order valence-corrected chi connectivity index (χ3v) is 5.52. The average Bonchev–Trinajstić information content (AvgIpc) is 2.69. The lowest BCUT2D eigenvalue weighted by Gasteiger charge is -2.20. The standard InChI is InChI=1S/C14H15BrN2/c15-14-10-17(8-11-4-2-1-3-5-11)9-13(14)12(14)6-7-16/h1-5,12-13H,6,8-10H2. The number of piperidine rings is 1. The van der Waals surface area contributed by atoms with Crippen molar-refractivity contribution in [2.45, 2.75) is 17.3 Å². The second-order valence-corrected chi connectivity index (χ2v) is 6.63. The van der Waals surface area contributed by atoms with Gasteiger partial charge in [-0.3, -0.25) is 4.90 Å². The zero-order valence-corrected chi connectivity index (χ0v) is 11.2. The molecule has 2 nitrogen and oxygen atoms in total. The predicted octanol–water partition coefficient (Wildman–Crippen LogP) is 2.80. The summed E-state index contributed by atoms with van der Waals surface area (Å²) in [7, 11) is 0. The van der Waals surface area contributed by atoms with Gasteiger partial charge in [-0.15, -0.1) is 0 Å². The molecule has 1 heterocycles. The quantitative estimate of drug-likeness (QED) is 0.801. The molecule has 0 N–H and O–H groups in total. The van der Waals surface area contributed by atoms with E-state index in [2.05, 4.69) is 57.2 Å². The van der Waals surface area contributed by atoms with Crippen LogP contribution in [0.2, 0.25) is 0 Å². The van der Waals surface area contributed by atoms with Crippen molar-refractivity contribution in [3.05, 3.63) is 35.9 Å². The molecule has 88 valence electrons. The first kappa shape index (κ1) is 11.3. The van der Waals surface area contributed by atoms with Crippen LogP contribution in [-0.2, 0) is 6.54 Å². The van der Waals surface area contributed by atoms with Crippen LogP contribution in [0.5, 0.6) is 0 Å². The number of alkyl halides is 1. The molecule has 0 amide bonds. The van der Waals surface area contributed by atoms with Crippen LogP contribution >= 0.6 is 15.9 Å². The van der Waals surface area contributed by atoms with Crippen molar-refractivity contribution in [3.63, 3.8) is 0 Å². The Kier molecular flexibility index (Phi) is 2.72. The van der Waals surface area contributed by atoms with E-state index in [1.807, 2.05) is 0 Å². The minimum Gasteiger partial charge on any atom is -0.297 e. The number of rotatable bonds is 3. The van der Waals surface area contributed by atoms with Crippen LogP contribution in [0.25, 0.3) is 0 Å². The Morgan fingerprint density at radius 2 is 2.18 bits per heavy atom. The molecule has 1 aromatic rings. The van der Waals surface area contributed by atoms with E-state index >= 15 is 0 Å². The highest BCUT2D eigenvalue weighted by Crippen LogP contribution is 2.63. The molecular weight excluding hydrogens is 276 g/mol. The number of nitrogens with zero attached hydrogens (tertiary/aromatic N) is 2. The van der Waals surface area contributed by atoms with Crippen molar-refractivity contribution in [1.82, 2.24) is 4.90 Å². The van der Waals surface area contributed by atoms with Crippen LogP contribution in [0, 0.1) is 23.2 Å². The fourth-order valence-electron chi connectivity index (χ4n) is 3.14. The molecule has 2 fully saturated rings. The summed E-state index contributed by atoms with van der Waals surface area (Å²) in [6, 6.07) is 12.9. The lowest BCUT2D eigenvalue weighted by atomic mass is 10.2. The van der Waals surface area contributed by atoms with E-state index in [0.717, 1.165) is 19.6 Å². The Morgan fingerprint density at radius 3 is 2.76 bits per heavy atom. The summed E-state index contributed by atoms with van der Waals surface area (Å²) in [5.74, 6) is 1.27. The van der Waals surface area contributed by atoms with Gasteiger partial charge in [0.1, 0.15) is 0 Å². The van der Waals surface area contributed by atoms with Crippen LogP contribution in [-0.4, -0.2) is 22.3 Å². The predicted molar refractivity (Wildman–Crippen MR) is 70.6 cm³/mol. The van der Waals surface area contributed by atoms with E-state index in [9.17, 15) is 0 Å². The first-order valence-corrected chi connectivity index (χ1v) is 6.85. The monoisotopic (exact) mass is 290 g/mol. The van der Waals surface area contributed by atoms with Gasteiger partial charge in [-0.05, 0) is 17.4 Å². The molecule has 3 heteroatoms. The van der Waals surface area contributed by atoms with Crippen LogP contribution < -0.4 is 0 Å². The highest BCUT2D eigenvalue weighted by molar-refractivity contribution is 9.10. The van der Waals surface area contributed by atoms with Gasteiger partial charge >= 0.3 is 0 Å². The second-order valence-electron chi connectivity index (χ2n) is 5.16. The maximum absolute atomic E-state index is 8.76. The minimum absolute atomic E-state index is 0.248. The summed E-state index contributed by atoms with van der Waals surface area (Å²) in [6.07, 6.45) is 0.703. The Bertz CT molecular complexity index is 453. The maximum Gasteiger partial charge on any atom is 0.0625 e. The molecule has 17 heavy (non-hydrogen) atoms. The van der Waals surface area contributed by atoms with Gasteiger partial charge in [0, 0.05) is 30.4 Å². The summed E-state index contributed by atoms with van der Waals surface area (Å²) >= 11 is 3.84. The Balaban J connectivity index is 1.60. The molecule has 1 aromatic carbocycles. The van der Waals surface area contributed by atoms with Crippen molar-refractivity contribution in [2.24, 2.45) is 11.8 Å². The second kappa shape index (κ2) is 4.12. The lowest BCUT2D eigenvalue weighted by Crippen LogP contribution is -2.27. The van der Waals surface area contributed by atoms with Gasteiger partial charge in [-0.2, -0.15) is 5.26 Å². The number of hydrogen-bond donors (Lipinski definition) is 0. The number of fused-ring (bicyclic) bond motifs is 1. The first-order valence-electron chi connectivity index (χ1n) is 6.06. The molecule has 0 bridgehead atoms. The van der Waals surface area contributed by atoms with Gasteiger partial charge in [0.15, 0.2) is 0 Å². The number of benzene rings is 1. The van der Waals surface area contributed by atoms with Crippen molar-refractivity contribution < 1.29 is 0 Å². The van der Waals surface area contributed by atoms with E-state index in [0.29, 0.717) is 18.3 Å². The van der Waals surface area contributed by atoms with E-state index in [4.69, 9.17) is 5.26 Å². The summed E-state index contributed by atoms with van der Waals surface area (Å²) in [6.45, 7) is 3.25. The zero-order chi connectivity index (χ0) is 11.9. The van der Waals surface area contributed by atoms with Crippen LogP contribution in [0.1, 0.15) is 12.0 Å². The van der Waals surface area contributed by atoms with Crippen molar-refractivity contribution in [3.8, 4) is 6.07 Å². The molecule has 3 atom stereocenters. The van der Waals surface area contributed by atoms with Crippen molar-refractivity contribution in [2.75, 3.05) is 13.1 Å². The molecule has 3 rings (SSSR count). The summed E-state index contributed by atoms with van der Waals surface area (Å²) < 4.78 is 0.248. The van der Waals surface area contributed by atoms with E-state index in [1.54, 1.807) is 0 Å². The third-order valence-electron chi connectivity index (χ3n) is 4.09. The fraction of sp³-hybridized carbons (Fsp3) is 0.500. The molecule has 2 aliphatic rings. The summed E-state index contributed by atoms with van der Waals surface area (Å²) in [5, 5.41) is 8.76. The Morgan fingerprint density at radius 1 is 1.41 bits per heavy atom. The van der Waals surface area contributed by atoms with Gasteiger partial charge in [-0.1, -0.05) is 46.3 Å². The molecule has 1 saturated heterocycles. The maximum atomic E-state index is 8.76. The van der Waals surface area contributed by atoms with Gasteiger partial charge < -0.3 is 0 Å². The van der Waals surface area contributed by atoms with E-state index in [1.165, 1.54) is 5.56 Å². The number of halogens is 1. The number of likely N-dealkylation sites (tertiary alicyclic amines) is 1. The molecule has 1 aliphatic heterocycles. The summed E-state index contributed by atoms with van der Waals surface area (Å²) in [5.41, 5.74) is 1.38. The van der Waals surface area contributed by atoms with Gasteiger partial charge in [0.05, 0.1) is 6.07 Å². The largest absolute Gasteiger partial charge is 0.297 e. The minimum atomic E-state index is 0.248. The van der Waals surface area contributed by atoms with Crippen LogP contribution in [0.4, 0.5) is 0 Å². The zero-order valence-electron chi connectivity index (χ0n) is 9.64. The third kappa shape index (κ3) is 1.90. The normalized spacial score (nSPS) is 35.3. The molecule has 1 aliphatic carbocycles. The Hall–Kier alpha value is -0.850. The smallest absolute Gasteiger partial charge is 0.0625 e. The number of hydrogen-bond acceptors (Lipinski definition) is 2. The summed E-state index contributed by atoms with van der Waals surface area (Å²) in [4.78, 5) is 2.49. The van der Waals surface area contributed by atoms with Crippen LogP contribution in [0.15, 0.2) is 30.3 Å². The topological polar surface area (TPSA) is 27.0 Å². The molecular formula is C14H15BrN2. The van der Waals surface area contributed by atoms with E-state index in [-0.39, 0.29) is 4.32 Å². The van der Waals surface area contributed by atoms with Gasteiger partial charge in [0.25, 0.3) is 0 Å². The number of nitriles is 1. The van der Waals surface area contributed by atoms with Crippen molar-refractivity contribution in [1.29, 1.82) is 5.26 Å². The van der Waals surface area contributed by atoms with Crippen molar-refractivity contribution >= 4 is 15.9 Å². The van der Waals surface area contributed by atoms with E-state index < -0.39 is 0 Å². The molecule has 0 radical (unpaired) electrons. The molecule has 0 spiro atoms. The SMILES string of the molecule is N#CCC1C2CN(Cc3ccccc3)CC12Br. The highest BCUT2D eigenvalue weighted by Gasteiger charge is 2.67. The fourth-order valence-corrected chi connectivity index (χ4v) is 4.30. The Labute approximate surface area is 110 Å². The lowest BCUT2D eigenvalue weighted by molar-refractivity contribution is 0.283. The van der Waals surface area contributed by atoms with Gasteiger partial charge in [-0.25, -0.2) is 0 Å². The molecule has 0 aromatic heterocycles. The molecule has 1 saturated carbocycles. The average molecular weight is 291 g/mol. The molecule has 3 unspecified atom stereocenters. The van der Waals surface area contributed by atoms with Crippen LogP contribution in [0.3, 0.4) is 0 Å². The first-order chi connectivity index (χ1) is 8.24.